The molecule has 0 saturated heterocycles. The van der Waals surface area contributed by atoms with Crippen LogP contribution in [0.3, 0.4) is 0 Å². The number of hydrogen-bond acceptors (Lipinski definition) is 6. The van der Waals surface area contributed by atoms with Crippen molar-refractivity contribution in [3.8, 4) is 0 Å². The quantitative estimate of drug-likeness (QED) is 0.342. The molecule has 0 aliphatic carbocycles. The number of benzene rings is 2. The summed E-state index contributed by atoms with van der Waals surface area (Å²) in [6.45, 7) is 1.37. The van der Waals surface area contributed by atoms with E-state index in [0.29, 0.717) is 0 Å². The van der Waals surface area contributed by atoms with Crippen molar-refractivity contribution in [3.05, 3.63) is 63.2 Å². The number of halogens is 1. The van der Waals surface area contributed by atoms with Gasteiger partial charge < -0.3 is 10.1 Å². The van der Waals surface area contributed by atoms with Crippen molar-refractivity contribution in [1.29, 1.82) is 0 Å². The van der Waals surface area contributed by atoms with E-state index in [1.807, 2.05) is 6.26 Å². The lowest BCUT2D eigenvalue weighted by molar-refractivity contribution is -0.383. The summed E-state index contributed by atoms with van der Waals surface area (Å²) in [5.41, 5.74) is -0.0910. The Kier molecular flexibility index (Phi) is 6.59. The fourth-order valence-corrected chi connectivity index (χ4v) is 2.67. The molecule has 2 aromatic rings. The van der Waals surface area contributed by atoms with E-state index in [9.17, 15) is 19.7 Å². The molecule has 0 unspecified atom stereocenters. The second-order valence-corrected chi connectivity index (χ2v) is 6.44. The predicted molar refractivity (Wildman–Crippen MR) is 99.8 cm³/mol. The Morgan fingerprint density at radius 1 is 1.27 bits per heavy atom. The van der Waals surface area contributed by atoms with Gasteiger partial charge in [0.05, 0.1) is 15.5 Å². The third-order valence-electron chi connectivity index (χ3n) is 3.41. The van der Waals surface area contributed by atoms with Gasteiger partial charge in [-0.25, -0.2) is 4.79 Å². The number of amides is 1. The van der Waals surface area contributed by atoms with Crippen LogP contribution in [-0.2, 0) is 9.53 Å². The number of nitrogens with zero attached hydrogens (tertiary/aromatic N) is 1. The van der Waals surface area contributed by atoms with Crippen LogP contribution in [0.15, 0.2) is 47.4 Å². The highest BCUT2D eigenvalue weighted by atomic mass is 35.5. The highest BCUT2D eigenvalue weighted by molar-refractivity contribution is 7.98. The first kappa shape index (κ1) is 19.7. The first-order valence-electron chi connectivity index (χ1n) is 7.42. The number of anilines is 1. The van der Waals surface area contributed by atoms with E-state index in [2.05, 4.69) is 5.32 Å². The Balaban J connectivity index is 2.10. The number of thioether (sulfide) groups is 1. The van der Waals surface area contributed by atoms with Gasteiger partial charge in [-0.05, 0) is 37.4 Å². The molecule has 0 bridgehead atoms. The van der Waals surface area contributed by atoms with Crippen LogP contribution >= 0.6 is 23.4 Å². The Morgan fingerprint density at radius 3 is 2.62 bits per heavy atom. The highest BCUT2D eigenvalue weighted by Crippen LogP contribution is 2.25. The lowest BCUT2D eigenvalue weighted by Gasteiger charge is -2.14. The average molecular weight is 395 g/mol. The van der Waals surface area contributed by atoms with Crippen molar-refractivity contribution in [1.82, 2.24) is 0 Å². The summed E-state index contributed by atoms with van der Waals surface area (Å²) in [4.78, 5) is 35.7. The summed E-state index contributed by atoms with van der Waals surface area (Å²) in [5, 5.41) is 13.6. The monoisotopic (exact) mass is 394 g/mol. The van der Waals surface area contributed by atoms with Crippen molar-refractivity contribution in [3.63, 3.8) is 0 Å². The molecule has 0 fully saturated rings. The molecule has 9 heteroatoms. The number of para-hydroxylation sites is 2. The Hall–Kier alpha value is -2.58. The van der Waals surface area contributed by atoms with Gasteiger partial charge in [-0.3, -0.25) is 14.9 Å². The fraction of sp³-hybridized carbons (Fsp3) is 0.176. The molecule has 0 aliphatic heterocycles. The van der Waals surface area contributed by atoms with E-state index < -0.39 is 22.9 Å². The van der Waals surface area contributed by atoms with Crippen LogP contribution in [0.2, 0.25) is 5.02 Å². The predicted octanol–water partition coefficient (Wildman–Crippen LogP) is 4.15. The number of carbonyl (C=O) groups is 2. The van der Waals surface area contributed by atoms with Crippen LogP contribution in [0, 0.1) is 10.1 Å². The Morgan fingerprint density at radius 2 is 1.96 bits per heavy atom. The SMILES string of the molecule is CSc1ccc(Cl)c(C(=O)O[C@@H](C)C(=O)Nc2ccccc2[N+](=O)[O-])c1. The molecule has 0 aliphatic rings. The average Bonchev–Trinajstić information content (AvgIpc) is 2.62. The maximum atomic E-state index is 12.3. The van der Waals surface area contributed by atoms with Gasteiger partial charge in [-0.15, -0.1) is 11.8 Å². The minimum absolute atomic E-state index is 0.0211. The standard InChI is InChI=1S/C17H15ClN2O5S/c1-10(16(21)19-14-5-3-4-6-15(14)20(23)24)25-17(22)12-9-11(26-2)7-8-13(12)18/h3-10H,1-2H3,(H,19,21)/t10-/m0/s1. The molecule has 1 N–H and O–H groups in total. The minimum atomic E-state index is -1.17. The van der Waals surface area contributed by atoms with E-state index >= 15 is 0 Å². The Labute approximate surface area is 158 Å². The van der Waals surface area contributed by atoms with Gasteiger partial charge in [-0.2, -0.15) is 0 Å². The van der Waals surface area contributed by atoms with Gasteiger partial charge in [0.2, 0.25) is 0 Å². The lowest BCUT2D eigenvalue weighted by Crippen LogP contribution is -2.30. The summed E-state index contributed by atoms with van der Waals surface area (Å²) in [6.07, 6.45) is 0.678. The summed E-state index contributed by atoms with van der Waals surface area (Å²) in [7, 11) is 0. The maximum Gasteiger partial charge on any atom is 0.340 e. The van der Waals surface area contributed by atoms with Gasteiger partial charge in [0.25, 0.3) is 11.6 Å². The van der Waals surface area contributed by atoms with Gasteiger partial charge in [0.1, 0.15) is 5.69 Å². The normalized spacial score (nSPS) is 11.5. The van der Waals surface area contributed by atoms with E-state index in [1.54, 1.807) is 24.3 Å². The van der Waals surface area contributed by atoms with Gasteiger partial charge in [-0.1, -0.05) is 23.7 Å². The number of ether oxygens (including phenoxy) is 1. The molecule has 1 amide bonds. The highest BCUT2D eigenvalue weighted by Gasteiger charge is 2.23. The number of carbonyl (C=O) groups excluding carboxylic acids is 2. The molecule has 7 nitrogen and oxygen atoms in total. The summed E-state index contributed by atoms with van der Waals surface area (Å²) >= 11 is 7.44. The second-order valence-electron chi connectivity index (χ2n) is 5.16. The number of nitro benzene ring substituents is 1. The fourth-order valence-electron chi connectivity index (χ4n) is 2.04. The van der Waals surface area contributed by atoms with Crippen molar-refractivity contribution in [2.45, 2.75) is 17.9 Å². The molecule has 26 heavy (non-hydrogen) atoms. The number of hydrogen-bond donors (Lipinski definition) is 1. The van der Waals surface area contributed by atoms with Crippen LogP contribution < -0.4 is 5.32 Å². The molecule has 0 spiro atoms. The molecule has 0 heterocycles. The zero-order valence-electron chi connectivity index (χ0n) is 13.9. The molecule has 0 aromatic heterocycles. The van der Waals surface area contributed by atoms with Crippen molar-refractivity contribution < 1.29 is 19.2 Å². The number of nitrogens with one attached hydrogen (secondary N) is 1. The lowest BCUT2D eigenvalue weighted by atomic mass is 10.2. The smallest absolute Gasteiger partial charge is 0.340 e. The minimum Gasteiger partial charge on any atom is -0.449 e. The second kappa shape index (κ2) is 8.68. The molecule has 2 aromatic carbocycles. The van der Waals surface area contributed by atoms with Crippen molar-refractivity contribution in [2.24, 2.45) is 0 Å². The van der Waals surface area contributed by atoms with Gasteiger partial charge in [0.15, 0.2) is 6.10 Å². The number of esters is 1. The Bertz CT molecular complexity index is 859. The van der Waals surface area contributed by atoms with Crippen LogP contribution in [0.5, 0.6) is 0 Å². The molecular formula is C17H15ClN2O5S. The summed E-state index contributed by atoms with van der Waals surface area (Å²) < 4.78 is 5.14. The maximum absolute atomic E-state index is 12.3. The first-order chi connectivity index (χ1) is 12.3. The number of nitro groups is 1. The summed E-state index contributed by atoms with van der Waals surface area (Å²) in [5.74, 6) is -1.44. The van der Waals surface area contributed by atoms with Crippen molar-refractivity contribution in [2.75, 3.05) is 11.6 Å². The molecule has 0 saturated carbocycles. The largest absolute Gasteiger partial charge is 0.449 e. The number of rotatable bonds is 6. The van der Waals surface area contributed by atoms with E-state index in [-0.39, 0.29) is 22.0 Å². The molecular weight excluding hydrogens is 380 g/mol. The summed E-state index contributed by atoms with van der Waals surface area (Å²) in [6, 6.07) is 10.6. The van der Waals surface area contributed by atoms with Crippen LogP contribution in [-0.4, -0.2) is 29.2 Å². The molecule has 2 rings (SSSR count). The van der Waals surface area contributed by atoms with Gasteiger partial charge in [0, 0.05) is 11.0 Å². The third-order valence-corrected chi connectivity index (χ3v) is 4.46. The first-order valence-corrected chi connectivity index (χ1v) is 9.02. The van der Waals surface area contributed by atoms with Crippen LogP contribution in [0.25, 0.3) is 0 Å². The molecule has 1 atom stereocenters. The van der Waals surface area contributed by atoms with Crippen molar-refractivity contribution >= 4 is 46.6 Å². The topological polar surface area (TPSA) is 98.5 Å². The van der Waals surface area contributed by atoms with Crippen LogP contribution in [0.4, 0.5) is 11.4 Å². The van der Waals surface area contributed by atoms with Gasteiger partial charge >= 0.3 is 5.97 Å². The molecule has 0 radical (unpaired) electrons. The van der Waals surface area contributed by atoms with E-state index in [4.69, 9.17) is 16.3 Å². The zero-order chi connectivity index (χ0) is 19.3. The zero-order valence-corrected chi connectivity index (χ0v) is 15.5. The molecule has 136 valence electrons. The van der Waals surface area contributed by atoms with Crippen LogP contribution in [0.1, 0.15) is 17.3 Å². The van der Waals surface area contributed by atoms with E-state index in [1.165, 1.54) is 36.9 Å². The third kappa shape index (κ3) is 4.74. The van der Waals surface area contributed by atoms with E-state index in [0.717, 1.165) is 4.90 Å².